The number of fused-ring (bicyclic) bond motifs is 3. The van der Waals surface area contributed by atoms with Gasteiger partial charge in [0.25, 0.3) is 0 Å². The zero-order valence-electron chi connectivity index (χ0n) is 21.1. The lowest BCUT2D eigenvalue weighted by atomic mass is 10.2. The second-order valence-corrected chi connectivity index (χ2v) is 13.5. The molecule has 0 saturated carbocycles. The second-order valence-electron chi connectivity index (χ2n) is 8.40. The molecule has 3 aromatic heterocycles. The summed E-state index contributed by atoms with van der Waals surface area (Å²) in [5.41, 5.74) is 0.574. The fourth-order valence-corrected chi connectivity index (χ4v) is 7.59. The van der Waals surface area contributed by atoms with Gasteiger partial charge in [-0.25, -0.2) is 0 Å². The van der Waals surface area contributed by atoms with E-state index in [1.807, 2.05) is 0 Å². The number of nitrogens with one attached hydrogen (secondary N) is 3. The van der Waals surface area contributed by atoms with Crippen molar-refractivity contribution in [2.45, 2.75) is 0 Å². The van der Waals surface area contributed by atoms with Crippen molar-refractivity contribution in [2.75, 3.05) is 0 Å². The van der Waals surface area contributed by atoms with Crippen molar-refractivity contribution in [3.05, 3.63) is 112 Å². The van der Waals surface area contributed by atoms with Crippen molar-refractivity contribution in [3.8, 4) is 17.2 Å². The van der Waals surface area contributed by atoms with Crippen LogP contribution in [0, 0.1) is 0 Å². The SMILES string of the molecule is O=c1ccc2c(Br)cc(Br)c(O)c2[nH]1.O=c1ccc2c(Br)cc(Br)c(O)c2[nH]1.O=c1ccc2c(Br)cc(Br)c(O)c2[nH]1.[Al]. The second kappa shape index (κ2) is 14.9. The molecule has 0 bridgehead atoms. The largest absolute Gasteiger partial charge is 0.505 e. The van der Waals surface area contributed by atoms with Gasteiger partial charge in [-0.05, 0) is 84.2 Å². The first-order chi connectivity index (χ1) is 19.8. The third-order valence-corrected chi connectivity index (χ3v) is 9.46. The van der Waals surface area contributed by atoms with Crippen LogP contribution in [-0.4, -0.2) is 47.6 Å². The molecule has 0 saturated heterocycles. The van der Waals surface area contributed by atoms with Crippen LogP contribution in [0.4, 0.5) is 0 Å². The van der Waals surface area contributed by atoms with Crippen molar-refractivity contribution in [2.24, 2.45) is 0 Å². The van der Waals surface area contributed by atoms with Gasteiger partial charge in [-0.2, -0.15) is 0 Å². The summed E-state index contributed by atoms with van der Waals surface area (Å²) in [5, 5.41) is 31.3. The summed E-state index contributed by atoms with van der Waals surface area (Å²) >= 11 is 19.6. The Labute approximate surface area is 302 Å². The Morgan fingerprint density at radius 2 is 0.651 bits per heavy atom. The molecule has 6 aromatic rings. The molecular weight excluding hydrogens is 969 g/mol. The molecular formula is C27H15AlBr6N3O6. The highest BCUT2D eigenvalue weighted by Crippen LogP contribution is 2.37. The molecule has 0 aliphatic rings. The number of aromatic hydroxyl groups is 3. The van der Waals surface area contributed by atoms with Gasteiger partial charge in [0.2, 0.25) is 16.7 Å². The topological polar surface area (TPSA) is 159 Å². The maximum Gasteiger partial charge on any atom is 0.248 e. The first kappa shape index (κ1) is 35.6. The number of pyridine rings is 3. The highest BCUT2D eigenvalue weighted by Gasteiger charge is 2.10. The Hall–Kier alpha value is -1.90. The summed E-state index contributed by atoms with van der Waals surface area (Å²) in [7, 11) is 0. The highest BCUT2D eigenvalue weighted by atomic mass is 79.9. The summed E-state index contributed by atoms with van der Waals surface area (Å²) in [6.45, 7) is 0. The van der Waals surface area contributed by atoms with Crippen molar-refractivity contribution in [1.29, 1.82) is 0 Å². The molecule has 3 heterocycles. The predicted octanol–water partition coefficient (Wildman–Crippen LogP) is 7.90. The average molecular weight is 984 g/mol. The number of phenolic OH excluding ortho intramolecular Hbond substituents is 3. The van der Waals surface area contributed by atoms with Gasteiger partial charge in [0, 0.05) is 65.1 Å². The van der Waals surface area contributed by atoms with E-state index in [1.165, 1.54) is 18.2 Å². The van der Waals surface area contributed by atoms with Crippen molar-refractivity contribution < 1.29 is 15.3 Å². The van der Waals surface area contributed by atoms with Crippen LogP contribution < -0.4 is 16.7 Å². The fraction of sp³-hybridized carbons (Fsp3) is 0. The Bertz CT molecular complexity index is 1940. The Balaban J connectivity index is 0.000000175. The highest BCUT2D eigenvalue weighted by molar-refractivity contribution is 9.11. The summed E-state index contributed by atoms with van der Waals surface area (Å²) < 4.78 is 4.06. The minimum absolute atomic E-state index is 0. The van der Waals surface area contributed by atoms with Gasteiger partial charge in [-0.1, -0.05) is 47.8 Å². The van der Waals surface area contributed by atoms with E-state index in [-0.39, 0.29) is 51.3 Å². The number of halogens is 6. The third-order valence-electron chi connectivity index (χ3n) is 5.68. The van der Waals surface area contributed by atoms with Gasteiger partial charge in [0.1, 0.15) is 0 Å². The van der Waals surface area contributed by atoms with Crippen LogP contribution in [0.1, 0.15) is 0 Å². The molecule has 0 fully saturated rings. The Kier molecular flexibility index (Phi) is 12.3. The summed E-state index contributed by atoms with van der Waals surface area (Å²) in [6, 6.07) is 14.4. The maximum absolute atomic E-state index is 11.1. The number of aromatic amines is 3. The molecule has 0 atom stereocenters. The Morgan fingerprint density at radius 3 is 0.884 bits per heavy atom. The minimum Gasteiger partial charge on any atom is -0.505 e. The van der Waals surface area contributed by atoms with Gasteiger partial charge in [-0.3, -0.25) is 14.4 Å². The standard InChI is InChI=1S/3C9H5Br2NO2.Al/c3*10-5-3-6(11)9(14)8-4(5)1-2-7(13)12-8;/h3*1-3,14H,(H,12,13);. The lowest BCUT2D eigenvalue weighted by Crippen LogP contribution is -2.02. The van der Waals surface area contributed by atoms with Gasteiger partial charge in [0.15, 0.2) is 17.2 Å². The zero-order valence-corrected chi connectivity index (χ0v) is 31.8. The van der Waals surface area contributed by atoms with Gasteiger partial charge in [-0.15, -0.1) is 0 Å². The minimum atomic E-state index is -0.238. The number of benzene rings is 3. The van der Waals surface area contributed by atoms with Gasteiger partial charge in [0.05, 0.1) is 30.0 Å². The number of phenols is 3. The quantitative estimate of drug-likeness (QED) is 0.0850. The summed E-state index contributed by atoms with van der Waals surface area (Å²) in [4.78, 5) is 40.9. The fourth-order valence-electron chi connectivity index (χ4n) is 3.71. The zero-order chi connectivity index (χ0) is 30.9. The molecule has 0 unspecified atom stereocenters. The molecule has 0 aliphatic carbocycles. The molecule has 0 spiro atoms. The van der Waals surface area contributed by atoms with E-state index in [0.717, 1.165) is 29.6 Å². The van der Waals surface area contributed by atoms with E-state index >= 15 is 0 Å². The van der Waals surface area contributed by atoms with E-state index in [4.69, 9.17) is 0 Å². The van der Waals surface area contributed by atoms with Crippen LogP contribution >= 0.6 is 95.6 Å². The number of hydrogen-bond donors (Lipinski definition) is 6. The van der Waals surface area contributed by atoms with E-state index < -0.39 is 0 Å². The van der Waals surface area contributed by atoms with Crippen LogP contribution in [0.25, 0.3) is 32.7 Å². The van der Waals surface area contributed by atoms with Crippen LogP contribution in [0.5, 0.6) is 17.2 Å². The Morgan fingerprint density at radius 1 is 0.419 bits per heavy atom. The van der Waals surface area contributed by atoms with E-state index in [2.05, 4.69) is 111 Å². The molecule has 16 heteroatoms. The molecule has 3 aromatic carbocycles. The molecule has 6 rings (SSSR count). The normalized spacial score (nSPS) is 10.5. The predicted molar refractivity (Wildman–Crippen MR) is 191 cm³/mol. The van der Waals surface area contributed by atoms with Crippen LogP contribution in [-0.2, 0) is 0 Å². The van der Waals surface area contributed by atoms with Crippen LogP contribution in [0.15, 0.2) is 95.8 Å². The molecule has 43 heavy (non-hydrogen) atoms. The smallest absolute Gasteiger partial charge is 0.248 e. The molecule has 3 radical (unpaired) electrons. The van der Waals surface area contributed by atoms with E-state index in [9.17, 15) is 29.7 Å². The van der Waals surface area contributed by atoms with Crippen molar-refractivity contribution in [3.63, 3.8) is 0 Å². The average Bonchev–Trinajstić information content (AvgIpc) is 2.94. The van der Waals surface area contributed by atoms with Crippen LogP contribution in [0.3, 0.4) is 0 Å². The van der Waals surface area contributed by atoms with E-state index in [0.29, 0.717) is 30.0 Å². The first-order valence-electron chi connectivity index (χ1n) is 11.4. The van der Waals surface area contributed by atoms with Gasteiger partial charge >= 0.3 is 0 Å². The van der Waals surface area contributed by atoms with Crippen LogP contribution in [0.2, 0.25) is 0 Å². The number of rotatable bonds is 0. The number of H-pyrrole nitrogens is 3. The third kappa shape index (κ3) is 8.04. The van der Waals surface area contributed by atoms with Gasteiger partial charge < -0.3 is 30.3 Å². The number of hydrogen-bond acceptors (Lipinski definition) is 6. The molecule has 219 valence electrons. The summed E-state index contributed by atoms with van der Waals surface area (Å²) in [5.74, 6) is 0.128. The molecule has 0 amide bonds. The number of aromatic nitrogens is 3. The summed E-state index contributed by atoms with van der Waals surface area (Å²) in [6.07, 6.45) is 0. The molecule has 6 N–H and O–H groups in total. The van der Waals surface area contributed by atoms with Crippen molar-refractivity contribution >= 4 is 146 Å². The molecule has 0 aliphatic heterocycles. The van der Waals surface area contributed by atoms with E-state index in [1.54, 1.807) is 36.4 Å². The first-order valence-corrected chi connectivity index (χ1v) is 16.1. The lowest BCUT2D eigenvalue weighted by molar-refractivity contribution is 0.476. The lowest BCUT2D eigenvalue weighted by Gasteiger charge is -2.04. The maximum atomic E-state index is 11.1. The van der Waals surface area contributed by atoms with Crippen molar-refractivity contribution in [1.82, 2.24) is 15.0 Å². The molecule has 9 nitrogen and oxygen atoms in total. The monoisotopic (exact) mass is 978 g/mol.